The van der Waals surface area contributed by atoms with Crippen molar-refractivity contribution in [1.29, 1.82) is 0 Å². The maximum absolute atomic E-state index is 12.0. The molecule has 10 nitrogen and oxygen atoms in total. The highest BCUT2D eigenvalue weighted by atomic mass is 16.8. The van der Waals surface area contributed by atoms with E-state index in [1.165, 1.54) is 20.8 Å². The number of carbonyl (C=O) groups is 3. The summed E-state index contributed by atoms with van der Waals surface area (Å²) >= 11 is 0. The molecule has 0 radical (unpaired) electrons. The van der Waals surface area contributed by atoms with Gasteiger partial charge in [-0.25, -0.2) is 0 Å². The maximum atomic E-state index is 12.0. The zero-order chi connectivity index (χ0) is 23.8. The highest BCUT2D eigenvalue weighted by molar-refractivity contribution is 5.68. The minimum atomic E-state index is -1.51. The molecule has 7 atom stereocenters. The van der Waals surface area contributed by atoms with E-state index in [1.54, 1.807) is 7.11 Å². The summed E-state index contributed by atoms with van der Waals surface area (Å²) in [7, 11) is 1.59. The number of carbonyl (C=O) groups excluding carboxylic acids is 3. The number of hydrogen-bond acceptors (Lipinski definition) is 10. The normalized spacial score (nSPS) is 35.0. The molecule has 2 bridgehead atoms. The number of fused-ring (bicyclic) bond motifs is 1. The van der Waals surface area contributed by atoms with Crippen LogP contribution in [0.1, 0.15) is 45.3 Å². The summed E-state index contributed by atoms with van der Waals surface area (Å²) < 4.78 is 40.7. The first-order valence-corrected chi connectivity index (χ1v) is 10.9. The highest BCUT2D eigenvalue weighted by Gasteiger charge is 2.67. The van der Waals surface area contributed by atoms with E-state index in [0.29, 0.717) is 18.8 Å². The average Bonchev–Trinajstić information content (AvgIpc) is 2.76. The summed E-state index contributed by atoms with van der Waals surface area (Å²) in [5.74, 6) is -2.61. The highest BCUT2D eigenvalue weighted by Crippen LogP contribution is 2.50. The number of methoxy groups -OCH3 is 1. The maximum Gasteiger partial charge on any atom is 0.303 e. The van der Waals surface area contributed by atoms with Gasteiger partial charge < -0.3 is 33.2 Å². The van der Waals surface area contributed by atoms with Crippen LogP contribution in [0.2, 0.25) is 0 Å². The molecule has 3 aliphatic rings. The summed E-state index contributed by atoms with van der Waals surface area (Å²) in [6, 6.07) is 7.46. The zero-order valence-corrected chi connectivity index (χ0v) is 19.0. The third-order valence-corrected chi connectivity index (χ3v) is 6.03. The van der Waals surface area contributed by atoms with Crippen molar-refractivity contribution in [3.63, 3.8) is 0 Å². The molecule has 1 aliphatic carbocycles. The Morgan fingerprint density at radius 2 is 1.64 bits per heavy atom. The van der Waals surface area contributed by atoms with Gasteiger partial charge in [0, 0.05) is 33.6 Å². The minimum absolute atomic E-state index is 0.120. The summed E-state index contributed by atoms with van der Waals surface area (Å²) in [6.07, 6.45) is -4.16. The van der Waals surface area contributed by atoms with Crippen LogP contribution in [0.25, 0.3) is 0 Å². The van der Waals surface area contributed by atoms with E-state index in [9.17, 15) is 14.4 Å². The van der Waals surface area contributed by atoms with Crippen molar-refractivity contribution >= 4 is 17.9 Å². The summed E-state index contributed by atoms with van der Waals surface area (Å²) in [5.41, 5.74) is 0.881. The molecule has 4 rings (SSSR count). The van der Waals surface area contributed by atoms with Gasteiger partial charge >= 0.3 is 17.9 Å². The van der Waals surface area contributed by atoms with Crippen LogP contribution in [-0.4, -0.2) is 67.9 Å². The zero-order valence-electron chi connectivity index (χ0n) is 19.0. The molecular weight excluding hydrogens is 436 g/mol. The lowest BCUT2D eigenvalue weighted by molar-refractivity contribution is -0.438. The van der Waals surface area contributed by atoms with Gasteiger partial charge in [0.05, 0.1) is 19.8 Å². The van der Waals surface area contributed by atoms with E-state index < -0.39 is 60.3 Å². The molecule has 33 heavy (non-hydrogen) atoms. The van der Waals surface area contributed by atoms with Crippen LogP contribution in [0.3, 0.4) is 0 Å². The number of hydrogen-bond donors (Lipinski definition) is 0. The lowest BCUT2D eigenvalue weighted by Crippen LogP contribution is -2.74. The lowest BCUT2D eigenvalue weighted by Gasteiger charge is -2.58. The minimum Gasteiger partial charge on any atom is -0.497 e. The van der Waals surface area contributed by atoms with Gasteiger partial charge in [-0.1, -0.05) is 12.1 Å². The quantitative estimate of drug-likeness (QED) is 0.472. The monoisotopic (exact) mass is 464 g/mol. The molecule has 3 fully saturated rings. The van der Waals surface area contributed by atoms with Crippen molar-refractivity contribution in [2.24, 2.45) is 0 Å². The van der Waals surface area contributed by atoms with E-state index in [1.807, 2.05) is 24.3 Å². The Labute approximate surface area is 191 Å². The Bertz CT molecular complexity index is 899. The second-order valence-corrected chi connectivity index (χ2v) is 8.32. The predicted octanol–water partition coefficient (Wildman–Crippen LogP) is 1.84. The van der Waals surface area contributed by atoms with E-state index in [4.69, 9.17) is 33.2 Å². The van der Waals surface area contributed by atoms with Crippen molar-refractivity contribution in [3.8, 4) is 5.75 Å². The molecule has 1 saturated carbocycles. The molecule has 0 N–H and O–H groups in total. The molecule has 2 heterocycles. The van der Waals surface area contributed by atoms with Crippen molar-refractivity contribution in [1.82, 2.24) is 0 Å². The van der Waals surface area contributed by atoms with Crippen molar-refractivity contribution in [2.75, 3.05) is 13.7 Å². The average molecular weight is 464 g/mol. The largest absolute Gasteiger partial charge is 0.497 e. The van der Waals surface area contributed by atoms with Gasteiger partial charge in [0.25, 0.3) is 0 Å². The second kappa shape index (κ2) is 9.28. The first-order valence-electron chi connectivity index (χ1n) is 10.9. The summed E-state index contributed by atoms with van der Waals surface area (Å²) in [5, 5.41) is 0. The Balaban J connectivity index is 1.71. The molecule has 2 saturated heterocycles. The predicted molar refractivity (Wildman–Crippen MR) is 110 cm³/mol. The van der Waals surface area contributed by atoms with Crippen molar-refractivity contribution < 1.29 is 47.5 Å². The number of esters is 3. The first kappa shape index (κ1) is 23.5. The van der Waals surface area contributed by atoms with Crippen LogP contribution in [0.5, 0.6) is 5.75 Å². The fourth-order valence-corrected chi connectivity index (χ4v) is 4.80. The number of rotatable bonds is 5. The molecule has 1 aromatic carbocycles. The van der Waals surface area contributed by atoms with Crippen LogP contribution in [0.15, 0.2) is 24.3 Å². The molecule has 0 unspecified atom stereocenters. The molecule has 0 aromatic heterocycles. The molecule has 1 aromatic rings. The van der Waals surface area contributed by atoms with Gasteiger partial charge in [-0.05, 0) is 17.7 Å². The van der Waals surface area contributed by atoms with Gasteiger partial charge in [-0.3, -0.25) is 14.4 Å². The lowest BCUT2D eigenvalue weighted by atomic mass is 9.80. The van der Waals surface area contributed by atoms with Crippen LogP contribution in [-0.2, 0) is 42.8 Å². The van der Waals surface area contributed by atoms with Crippen molar-refractivity contribution in [3.05, 3.63) is 29.8 Å². The molecule has 0 amide bonds. The molecule has 180 valence electrons. The molecular formula is C23H28O10. The third kappa shape index (κ3) is 4.55. The number of ether oxygens (including phenoxy) is 7. The van der Waals surface area contributed by atoms with Gasteiger partial charge in [-0.2, -0.15) is 0 Å². The Kier molecular flexibility index (Phi) is 6.60. The standard InChI is InChI=1S/C23H28O10/c1-12(24)29-18-11-19-23(22(31-14(3)26)21(18)30-13(2)25)28-10-9-17(33-23)20(32-19)15-5-7-16(27-4)8-6-15/h5-8,17-22H,9-11H2,1-4H3/t17-,18-,19+,20+,21-,22+,23+/m1/s1. The van der Waals surface area contributed by atoms with Crippen LogP contribution < -0.4 is 4.74 Å². The van der Waals surface area contributed by atoms with E-state index in [0.717, 1.165) is 5.56 Å². The first-order chi connectivity index (χ1) is 15.7. The third-order valence-electron chi connectivity index (χ3n) is 6.03. The van der Waals surface area contributed by atoms with Gasteiger partial charge in [0.15, 0.2) is 12.2 Å². The summed E-state index contributed by atoms with van der Waals surface area (Å²) in [6.45, 7) is 4.03. The second-order valence-electron chi connectivity index (χ2n) is 8.32. The molecule has 2 aliphatic heterocycles. The van der Waals surface area contributed by atoms with Gasteiger partial charge in [0.1, 0.15) is 24.1 Å². The van der Waals surface area contributed by atoms with Crippen LogP contribution in [0.4, 0.5) is 0 Å². The Morgan fingerprint density at radius 3 is 2.24 bits per heavy atom. The van der Waals surface area contributed by atoms with E-state index in [2.05, 4.69) is 0 Å². The SMILES string of the molecule is COc1ccc([C@@H]2O[C@H]3C[C@@H](OC(C)=O)[C@@H](OC(C)=O)[C@H](OC(C)=O)[C@]34OCC[C@H]2O4)cc1. The Hall–Kier alpha value is -2.69. The van der Waals surface area contributed by atoms with Crippen molar-refractivity contribution in [2.45, 2.75) is 76.0 Å². The van der Waals surface area contributed by atoms with Crippen LogP contribution >= 0.6 is 0 Å². The fraction of sp³-hybridized carbons (Fsp3) is 0.609. The van der Waals surface area contributed by atoms with Gasteiger partial charge in [0.2, 0.25) is 5.79 Å². The Morgan fingerprint density at radius 1 is 0.970 bits per heavy atom. The molecule has 1 spiro atoms. The number of benzene rings is 1. The van der Waals surface area contributed by atoms with Crippen LogP contribution in [0, 0.1) is 0 Å². The summed E-state index contributed by atoms with van der Waals surface area (Å²) in [4.78, 5) is 35.7. The molecule has 10 heteroatoms. The smallest absolute Gasteiger partial charge is 0.303 e. The van der Waals surface area contributed by atoms with Gasteiger partial charge in [-0.15, -0.1) is 0 Å². The fourth-order valence-electron chi connectivity index (χ4n) is 4.80. The topological polar surface area (TPSA) is 116 Å². The van der Waals surface area contributed by atoms with E-state index >= 15 is 0 Å². The van der Waals surface area contributed by atoms with E-state index in [-0.39, 0.29) is 6.42 Å².